The Balaban J connectivity index is 1.73. The Kier molecular flexibility index (Phi) is 3.98. The van der Waals surface area contributed by atoms with Gasteiger partial charge in [-0.15, -0.1) is 0 Å². The molecule has 3 heterocycles. The maximum absolute atomic E-state index is 13.1. The number of carbonyl (C=O) groups is 3. The predicted molar refractivity (Wildman–Crippen MR) is 90.2 cm³/mol. The number of hydrogen-bond acceptors (Lipinski definition) is 6. The molecule has 132 valence electrons. The Morgan fingerprint density at radius 1 is 1.08 bits per heavy atom. The molecule has 2 fully saturated rings. The summed E-state index contributed by atoms with van der Waals surface area (Å²) < 4.78 is 0. The van der Waals surface area contributed by atoms with Crippen LogP contribution >= 0.6 is 0 Å². The van der Waals surface area contributed by atoms with Crippen LogP contribution in [0.3, 0.4) is 0 Å². The summed E-state index contributed by atoms with van der Waals surface area (Å²) in [7, 11) is 0. The first-order valence-electron chi connectivity index (χ1n) is 8.12. The summed E-state index contributed by atoms with van der Waals surface area (Å²) in [6.45, 7) is -0.216. The van der Waals surface area contributed by atoms with Crippen molar-refractivity contribution >= 4 is 23.4 Å². The highest BCUT2D eigenvalue weighted by atomic mass is 16.7. The highest BCUT2D eigenvalue weighted by Gasteiger charge is 2.60. The standard InChI is InChI=1S/C18H16N4O4/c19-13(23)10-21-15(11-6-8-20-9-7-11)14-16(26-21)18(25)22(17(14)24)12-4-2-1-3-5-12/h1-9,14-16H,10H2,(H2,19,23). The number of amides is 3. The second kappa shape index (κ2) is 6.32. The first-order chi connectivity index (χ1) is 12.6. The smallest absolute Gasteiger partial charge is 0.265 e. The zero-order valence-corrected chi connectivity index (χ0v) is 13.7. The summed E-state index contributed by atoms with van der Waals surface area (Å²) in [5.41, 5.74) is 6.52. The fourth-order valence-corrected chi connectivity index (χ4v) is 3.52. The van der Waals surface area contributed by atoms with Crippen LogP contribution < -0.4 is 10.6 Å². The van der Waals surface area contributed by atoms with Crippen LogP contribution in [0.4, 0.5) is 5.69 Å². The molecule has 8 nitrogen and oxygen atoms in total. The molecule has 2 aromatic rings. The lowest BCUT2D eigenvalue weighted by Crippen LogP contribution is -2.40. The van der Waals surface area contributed by atoms with Crippen LogP contribution in [0.15, 0.2) is 54.9 Å². The minimum atomic E-state index is -0.986. The molecule has 1 aromatic heterocycles. The van der Waals surface area contributed by atoms with Crippen LogP contribution in [0.25, 0.3) is 0 Å². The summed E-state index contributed by atoms with van der Waals surface area (Å²) in [6, 6.07) is 11.6. The van der Waals surface area contributed by atoms with E-state index in [0.29, 0.717) is 5.69 Å². The number of imide groups is 1. The van der Waals surface area contributed by atoms with E-state index in [0.717, 1.165) is 10.5 Å². The van der Waals surface area contributed by atoms with Crippen molar-refractivity contribution in [1.29, 1.82) is 0 Å². The zero-order valence-electron chi connectivity index (χ0n) is 13.7. The van der Waals surface area contributed by atoms with Crippen molar-refractivity contribution in [2.45, 2.75) is 12.1 Å². The van der Waals surface area contributed by atoms with Gasteiger partial charge in [0.15, 0.2) is 6.10 Å². The van der Waals surface area contributed by atoms with E-state index in [1.165, 1.54) is 5.06 Å². The molecule has 26 heavy (non-hydrogen) atoms. The molecule has 2 saturated heterocycles. The zero-order chi connectivity index (χ0) is 18.3. The summed E-state index contributed by atoms with van der Waals surface area (Å²) in [5.74, 6) is -2.18. The van der Waals surface area contributed by atoms with E-state index >= 15 is 0 Å². The van der Waals surface area contributed by atoms with Gasteiger partial charge in [0.25, 0.3) is 5.91 Å². The van der Waals surface area contributed by atoms with Gasteiger partial charge in [-0.3, -0.25) is 24.2 Å². The van der Waals surface area contributed by atoms with Crippen LogP contribution in [0, 0.1) is 5.92 Å². The topological polar surface area (TPSA) is 106 Å². The quantitative estimate of drug-likeness (QED) is 0.799. The van der Waals surface area contributed by atoms with Crippen LogP contribution in [0.1, 0.15) is 11.6 Å². The number of benzene rings is 1. The average molecular weight is 352 g/mol. The molecule has 0 saturated carbocycles. The van der Waals surface area contributed by atoms with Crippen LogP contribution in [0.2, 0.25) is 0 Å². The Bertz CT molecular complexity index is 858. The monoisotopic (exact) mass is 352 g/mol. The molecule has 2 aliphatic heterocycles. The lowest BCUT2D eigenvalue weighted by Gasteiger charge is -2.26. The largest absolute Gasteiger partial charge is 0.368 e. The summed E-state index contributed by atoms with van der Waals surface area (Å²) in [6.07, 6.45) is 2.18. The van der Waals surface area contributed by atoms with Crippen molar-refractivity contribution in [2.75, 3.05) is 11.4 Å². The van der Waals surface area contributed by atoms with Crippen molar-refractivity contribution in [1.82, 2.24) is 10.0 Å². The summed E-state index contributed by atoms with van der Waals surface area (Å²) >= 11 is 0. The van der Waals surface area contributed by atoms with Gasteiger partial charge in [-0.25, -0.2) is 4.90 Å². The number of primary amides is 1. The number of hydrogen-bond donors (Lipinski definition) is 1. The van der Waals surface area contributed by atoms with Gasteiger partial charge in [0.1, 0.15) is 6.54 Å². The first-order valence-corrected chi connectivity index (χ1v) is 8.12. The second-order valence-corrected chi connectivity index (χ2v) is 6.17. The number of fused-ring (bicyclic) bond motifs is 1. The minimum Gasteiger partial charge on any atom is -0.368 e. The third-order valence-corrected chi connectivity index (χ3v) is 4.57. The lowest BCUT2D eigenvalue weighted by molar-refractivity contribution is -0.175. The lowest BCUT2D eigenvalue weighted by atomic mass is 9.91. The Morgan fingerprint density at radius 2 is 1.77 bits per heavy atom. The second-order valence-electron chi connectivity index (χ2n) is 6.17. The van der Waals surface area contributed by atoms with Crippen molar-refractivity contribution < 1.29 is 19.2 Å². The van der Waals surface area contributed by atoms with E-state index in [4.69, 9.17) is 10.6 Å². The molecule has 3 atom stereocenters. The van der Waals surface area contributed by atoms with Crippen LogP contribution in [0.5, 0.6) is 0 Å². The van der Waals surface area contributed by atoms with Crippen LogP contribution in [-0.2, 0) is 19.2 Å². The van der Waals surface area contributed by atoms with Gasteiger partial charge in [-0.05, 0) is 29.8 Å². The van der Waals surface area contributed by atoms with Crippen molar-refractivity contribution in [3.8, 4) is 0 Å². The molecule has 8 heteroatoms. The SMILES string of the molecule is NC(=O)CN1OC2C(=O)N(c3ccccc3)C(=O)C2C1c1ccncc1. The third-order valence-electron chi connectivity index (χ3n) is 4.57. The van der Waals surface area contributed by atoms with E-state index in [1.807, 2.05) is 0 Å². The number of pyridine rings is 1. The molecular weight excluding hydrogens is 336 g/mol. The van der Waals surface area contributed by atoms with Gasteiger partial charge in [-0.2, -0.15) is 5.06 Å². The normalized spacial score (nSPS) is 25.5. The highest BCUT2D eigenvalue weighted by Crippen LogP contribution is 2.45. The van der Waals surface area contributed by atoms with E-state index in [-0.39, 0.29) is 12.5 Å². The Labute approximate surface area is 149 Å². The number of aromatic nitrogens is 1. The number of nitrogens with zero attached hydrogens (tertiary/aromatic N) is 3. The maximum atomic E-state index is 13.1. The highest BCUT2D eigenvalue weighted by molar-refractivity contribution is 6.23. The summed E-state index contributed by atoms with van der Waals surface area (Å²) in [4.78, 5) is 48.1. The fourth-order valence-electron chi connectivity index (χ4n) is 3.52. The molecule has 0 bridgehead atoms. The van der Waals surface area contributed by atoms with E-state index in [2.05, 4.69) is 4.98 Å². The number of anilines is 1. The predicted octanol–water partition coefficient (Wildman–Crippen LogP) is 0.413. The Morgan fingerprint density at radius 3 is 2.42 bits per heavy atom. The Hall–Kier alpha value is -3.10. The van der Waals surface area contributed by atoms with Crippen molar-refractivity contribution in [3.63, 3.8) is 0 Å². The molecule has 2 N–H and O–H groups in total. The number of hydroxylamine groups is 2. The maximum Gasteiger partial charge on any atom is 0.265 e. The number of carbonyl (C=O) groups excluding carboxylic acids is 3. The van der Waals surface area contributed by atoms with Gasteiger partial charge in [0.05, 0.1) is 17.6 Å². The summed E-state index contributed by atoms with van der Waals surface area (Å²) in [5, 5.41) is 1.32. The molecule has 2 aliphatic rings. The van der Waals surface area contributed by atoms with Crippen molar-refractivity contribution in [3.05, 3.63) is 60.4 Å². The fraction of sp³-hybridized carbons (Fsp3) is 0.222. The number of rotatable bonds is 4. The van der Waals surface area contributed by atoms with Gasteiger partial charge in [-0.1, -0.05) is 18.2 Å². The molecule has 1 aromatic carbocycles. The van der Waals surface area contributed by atoms with E-state index < -0.39 is 29.9 Å². The van der Waals surface area contributed by atoms with Gasteiger partial charge < -0.3 is 5.73 Å². The average Bonchev–Trinajstić information content (AvgIpc) is 3.12. The minimum absolute atomic E-state index is 0.216. The van der Waals surface area contributed by atoms with E-state index in [1.54, 1.807) is 54.9 Å². The first kappa shape index (κ1) is 16.4. The van der Waals surface area contributed by atoms with E-state index in [9.17, 15) is 14.4 Å². The molecule has 3 amide bonds. The number of nitrogens with two attached hydrogens (primary N) is 1. The van der Waals surface area contributed by atoms with Gasteiger partial charge in [0.2, 0.25) is 11.8 Å². The molecule has 0 spiro atoms. The molecule has 4 rings (SSSR count). The molecule has 0 radical (unpaired) electrons. The molecule has 0 aliphatic carbocycles. The third kappa shape index (κ3) is 2.56. The van der Waals surface area contributed by atoms with Crippen LogP contribution in [-0.4, -0.2) is 40.4 Å². The van der Waals surface area contributed by atoms with Gasteiger partial charge in [0, 0.05) is 12.4 Å². The van der Waals surface area contributed by atoms with Crippen molar-refractivity contribution in [2.24, 2.45) is 11.7 Å². The van der Waals surface area contributed by atoms with Gasteiger partial charge >= 0.3 is 0 Å². The number of para-hydroxylation sites is 1. The molecular formula is C18H16N4O4. The molecule has 3 unspecified atom stereocenters.